The van der Waals surface area contributed by atoms with Gasteiger partial charge in [0.05, 0.1) is 0 Å². The molecular weight excluding hydrogens is 609 g/mol. The summed E-state index contributed by atoms with van der Waals surface area (Å²) in [4.78, 5) is 0. The fourth-order valence-corrected chi connectivity index (χ4v) is 1.89. The summed E-state index contributed by atoms with van der Waals surface area (Å²) in [5.41, 5.74) is -5.16. The molecule has 0 spiro atoms. The highest BCUT2D eigenvalue weighted by molar-refractivity contribution is 5.26. The standard InChI is InChI=1S/C13H3F23O/c14-4(15)7(20,21)11(30,31)12(32,33)10(28,29)5(16,17)1-37-3(6(18,19)13(34,35)36)2(8(22,23)24)9(25,26)27/h4H,1H2. The molecule has 0 amide bonds. The lowest BCUT2D eigenvalue weighted by Gasteiger charge is -2.39. The van der Waals surface area contributed by atoms with Crippen molar-refractivity contribution in [2.24, 2.45) is 0 Å². The predicted molar refractivity (Wildman–Crippen MR) is 66.8 cm³/mol. The third-order valence-corrected chi connectivity index (χ3v) is 3.77. The van der Waals surface area contributed by atoms with Crippen LogP contribution in [0.1, 0.15) is 0 Å². The van der Waals surface area contributed by atoms with Gasteiger partial charge in [-0.2, -0.15) is 92.2 Å². The SMILES string of the molecule is FC(F)C(F)(F)C(F)(F)C(F)(F)C(F)(F)C(F)(F)COC(=C(C(F)(F)F)C(F)(F)F)C(F)(F)C(F)(F)F. The minimum Gasteiger partial charge on any atom is -0.484 e. The molecular formula is C13H3F23O. The highest BCUT2D eigenvalue weighted by Gasteiger charge is 2.88. The van der Waals surface area contributed by atoms with Crippen LogP contribution in [0, 0.1) is 0 Å². The molecule has 0 aromatic carbocycles. The zero-order valence-electron chi connectivity index (χ0n) is 15.9. The first kappa shape index (κ1) is 34.9. The average molecular weight is 612 g/mol. The lowest BCUT2D eigenvalue weighted by Crippen LogP contribution is -2.69. The van der Waals surface area contributed by atoms with E-state index in [1.807, 2.05) is 0 Å². The van der Waals surface area contributed by atoms with E-state index in [1.165, 1.54) is 0 Å². The number of rotatable bonds is 9. The summed E-state index contributed by atoms with van der Waals surface area (Å²) < 4.78 is 296. The molecule has 0 rings (SSSR count). The summed E-state index contributed by atoms with van der Waals surface area (Å²) in [6.45, 7) is -4.61. The molecule has 0 aliphatic heterocycles. The van der Waals surface area contributed by atoms with Crippen molar-refractivity contribution in [3.05, 3.63) is 11.3 Å². The van der Waals surface area contributed by atoms with Crippen LogP contribution >= 0.6 is 0 Å². The maximum absolute atomic E-state index is 13.5. The van der Waals surface area contributed by atoms with E-state index >= 15 is 0 Å². The lowest BCUT2D eigenvalue weighted by atomic mass is 9.94. The van der Waals surface area contributed by atoms with Crippen molar-refractivity contribution in [1.29, 1.82) is 0 Å². The van der Waals surface area contributed by atoms with Gasteiger partial charge in [0.2, 0.25) is 0 Å². The van der Waals surface area contributed by atoms with Crippen LogP contribution in [0.3, 0.4) is 0 Å². The van der Waals surface area contributed by atoms with Crippen molar-refractivity contribution >= 4 is 0 Å². The summed E-state index contributed by atoms with van der Waals surface area (Å²) in [6, 6.07) is 0. The molecule has 222 valence electrons. The molecule has 0 heterocycles. The van der Waals surface area contributed by atoms with Crippen LogP contribution in [0.25, 0.3) is 0 Å². The molecule has 0 bridgehead atoms. The fourth-order valence-electron chi connectivity index (χ4n) is 1.89. The fraction of sp³-hybridized carbons (Fsp3) is 0.846. The van der Waals surface area contributed by atoms with Crippen molar-refractivity contribution in [3.8, 4) is 0 Å². The quantitative estimate of drug-likeness (QED) is 0.190. The molecule has 0 unspecified atom stereocenters. The molecule has 24 heteroatoms. The highest BCUT2D eigenvalue weighted by atomic mass is 19.4. The lowest BCUT2D eigenvalue weighted by molar-refractivity contribution is -0.415. The molecule has 0 aliphatic rings. The van der Waals surface area contributed by atoms with Crippen molar-refractivity contribution < 1.29 is 106 Å². The van der Waals surface area contributed by atoms with Crippen LogP contribution in [0.2, 0.25) is 0 Å². The molecule has 0 atom stereocenters. The van der Waals surface area contributed by atoms with E-state index in [0.717, 1.165) is 0 Å². The Kier molecular flexibility index (Phi) is 8.77. The monoisotopic (exact) mass is 612 g/mol. The van der Waals surface area contributed by atoms with Gasteiger partial charge in [-0.05, 0) is 0 Å². The second kappa shape index (κ2) is 9.29. The molecule has 0 aromatic heterocycles. The van der Waals surface area contributed by atoms with Gasteiger partial charge in [0.15, 0.2) is 17.9 Å². The zero-order chi connectivity index (χ0) is 30.6. The summed E-state index contributed by atoms with van der Waals surface area (Å²) in [6.07, 6.45) is -28.6. The number of halogens is 23. The Morgan fingerprint density at radius 2 is 0.865 bits per heavy atom. The number of hydrogen-bond donors (Lipinski definition) is 0. The first-order chi connectivity index (χ1) is 15.7. The number of ether oxygens (including phenoxy) is 1. The third kappa shape index (κ3) is 5.85. The van der Waals surface area contributed by atoms with Gasteiger partial charge in [-0.1, -0.05) is 0 Å². The zero-order valence-corrected chi connectivity index (χ0v) is 15.9. The van der Waals surface area contributed by atoms with Crippen LogP contribution < -0.4 is 0 Å². The van der Waals surface area contributed by atoms with Crippen LogP contribution in [-0.2, 0) is 4.74 Å². The first-order valence-electron chi connectivity index (χ1n) is 7.79. The Bertz CT molecular complexity index is 820. The Morgan fingerprint density at radius 3 is 1.14 bits per heavy atom. The van der Waals surface area contributed by atoms with Gasteiger partial charge in [0.25, 0.3) is 0 Å². The summed E-state index contributed by atoms with van der Waals surface area (Å²) in [7, 11) is 0. The first-order valence-corrected chi connectivity index (χ1v) is 7.79. The smallest absolute Gasteiger partial charge is 0.461 e. The van der Waals surface area contributed by atoms with Gasteiger partial charge in [-0.25, -0.2) is 8.78 Å². The molecule has 0 radical (unpaired) electrons. The molecule has 37 heavy (non-hydrogen) atoms. The average Bonchev–Trinajstić information content (AvgIpc) is 2.60. The second-order valence-corrected chi connectivity index (χ2v) is 6.41. The summed E-state index contributed by atoms with van der Waals surface area (Å²) in [5, 5.41) is 0. The molecule has 0 fully saturated rings. The molecule has 0 N–H and O–H groups in total. The van der Waals surface area contributed by atoms with E-state index in [-0.39, 0.29) is 0 Å². The summed E-state index contributed by atoms with van der Waals surface area (Å²) >= 11 is 0. The van der Waals surface area contributed by atoms with Crippen molar-refractivity contribution in [2.45, 2.75) is 60.5 Å². The minimum absolute atomic E-state index is 2.17. The topological polar surface area (TPSA) is 9.23 Å². The Balaban J connectivity index is 6.99. The number of alkyl halides is 23. The number of allylic oxidation sites excluding steroid dienone is 2. The van der Waals surface area contributed by atoms with Crippen LogP contribution in [-0.4, -0.2) is 67.1 Å². The third-order valence-electron chi connectivity index (χ3n) is 3.77. The van der Waals surface area contributed by atoms with Crippen molar-refractivity contribution in [1.82, 2.24) is 0 Å². The molecule has 0 saturated carbocycles. The van der Waals surface area contributed by atoms with Gasteiger partial charge in [-0.15, -0.1) is 0 Å². The number of hydrogen-bond acceptors (Lipinski definition) is 1. The Morgan fingerprint density at radius 1 is 0.514 bits per heavy atom. The van der Waals surface area contributed by atoms with E-state index < -0.39 is 78.4 Å². The second-order valence-electron chi connectivity index (χ2n) is 6.41. The maximum atomic E-state index is 13.5. The van der Waals surface area contributed by atoms with Crippen molar-refractivity contribution in [2.75, 3.05) is 6.61 Å². The highest BCUT2D eigenvalue weighted by Crippen LogP contribution is 2.58. The summed E-state index contributed by atoms with van der Waals surface area (Å²) in [5.74, 6) is -52.9. The predicted octanol–water partition coefficient (Wildman–Crippen LogP) is 8.02. The molecule has 0 aromatic rings. The molecule has 0 saturated heterocycles. The normalized spacial score (nSPS) is 15.8. The van der Waals surface area contributed by atoms with E-state index in [2.05, 4.69) is 4.74 Å². The van der Waals surface area contributed by atoms with Gasteiger partial charge in [0.1, 0.15) is 0 Å². The molecule has 0 aliphatic carbocycles. The van der Waals surface area contributed by atoms with E-state index in [1.54, 1.807) is 0 Å². The molecule has 1 nitrogen and oxygen atoms in total. The van der Waals surface area contributed by atoms with Crippen LogP contribution in [0.4, 0.5) is 101 Å². The van der Waals surface area contributed by atoms with Crippen molar-refractivity contribution in [3.63, 3.8) is 0 Å². The van der Waals surface area contributed by atoms with Crippen LogP contribution in [0.5, 0.6) is 0 Å². The van der Waals surface area contributed by atoms with E-state index in [4.69, 9.17) is 0 Å². The van der Waals surface area contributed by atoms with E-state index in [0.29, 0.717) is 0 Å². The maximum Gasteiger partial charge on any atom is 0.461 e. The Hall–Kier alpha value is -2.07. The van der Waals surface area contributed by atoms with E-state index in [9.17, 15) is 101 Å². The largest absolute Gasteiger partial charge is 0.484 e. The van der Waals surface area contributed by atoms with Crippen LogP contribution in [0.15, 0.2) is 11.3 Å². The Labute approximate surface area is 185 Å². The minimum atomic E-state index is -8.44. The van der Waals surface area contributed by atoms with Gasteiger partial charge >= 0.3 is 60.5 Å². The van der Waals surface area contributed by atoms with Gasteiger partial charge < -0.3 is 4.74 Å². The van der Waals surface area contributed by atoms with Gasteiger partial charge in [0, 0.05) is 0 Å². The van der Waals surface area contributed by atoms with Gasteiger partial charge in [-0.3, -0.25) is 0 Å².